The highest BCUT2D eigenvalue weighted by molar-refractivity contribution is 7.47. The lowest BCUT2D eigenvalue weighted by atomic mass is 10.2. The molecule has 0 saturated heterocycles. The van der Waals surface area contributed by atoms with E-state index in [4.69, 9.17) is 9.05 Å². The third-order valence-corrected chi connectivity index (χ3v) is 3.49. The lowest BCUT2D eigenvalue weighted by molar-refractivity contribution is -0.870. The van der Waals surface area contributed by atoms with Crippen LogP contribution in [0.15, 0.2) is 24.3 Å². The topological polar surface area (TPSA) is 55.8 Å². The molecule has 1 rings (SSSR count). The normalized spacial score (nSPS) is 15.0. The summed E-state index contributed by atoms with van der Waals surface area (Å²) in [6.45, 7) is 2.81. The first-order valence-electron chi connectivity index (χ1n) is 6.28. The van der Waals surface area contributed by atoms with Gasteiger partial charge in [-0.3, -0.25) is 9.42 Å². The Kier molecular flexibility index (Phi) is 5.56. The van der Waals surface area contributed by atoms with Crippen molar-refractivity contribution in [2.24, 2.45) is 0 Å². The predicted octanol–water partition coefficient (Wildman–Crippen LogP) is 2.45. The van der Waals surface area contributed by atoms with Crippen molar-refractivity contribution in [3.05, 3.63) is 29.8 Å². The van der Waals surface area contributed by atoms with Gasteiger partial charge in [0.05, 0.1) is 21.1 Å². The molecule has 0 spiro atoms. The fourth-order valence-electron chi connectivity index (χ4n) is 1.41. The van der Waals surface area contributed by atoms with Gasteiger partial charge < -0.3 is 9.01 Å². The van der Waals surface area contributed by atoms with Gasteiger partial charge in [0, 0.05) is 0 Å². The first kappa shape index (κ1) is 16.2. The molecule has 0 fully saturated rings. The number of phosphoric acid groups is 1. The van der Waals surface area contributed by atoms with E-state index in [2.05, 4.69) is 0 Å². The van der Waals surface area contributed by atoms with Gasteiger partial charge in [-0.15, -0.1) is 0 Å². The molecular weight excluding hydrogens is 265 g/mol. The Bertz CT molecular complexity index is 456. The second-order valence-electron chi connectivity index (χ2n) is 5.41. The average molecular weight is 288 g/mol. The number of nitrogens with zero attached hydrogens (tertiary/aromatic N) is 1. The first-order chi connectivity index (χ1) is 8.72. The maximum absolute atomic E-state index is 11.8. The molecule has 0 aliphatic rings. The van der Waals surface area contributed by atoms with Crippen molar-refractivity contribution in [1.82, 2.24) is 0 Å². The quantitative estimate of drug-likeness (QED) is 0.618. The summed E-state index contributed by atoms with van der Waals surface area (Å²) < 4.78 is 22.4. The van der Waals surface area contributed by atoms with E-state index in [9.17, 15) is 9.46 Å². The summed E-state index contributed by atoms with van der Waals surface area (Å²) in [7, 11) is 1.91. The minimum atomic E-state index is -4.04. The molecule has 5 nitrogen and oxygen atoms in total. The zero-order valence-electron chi connectivity index (χ0n) is 12.0. The van der Waals surface area contributed by atoms with Crippen molar-refractivity contribution >= 4 is 7.82 Å². The zero-order chi connectivity index (χ0) is 14.5. The minimum Gasteiger partial charge on any atom is -0.404 e. The summed E-state index contributed by atoms with van der Waals surface area (Å²) in [5, 5.41) is 0. The molecule has 0 aliphatic heterocycles. The SMILES string of the molecule is CCc1cccc(OP(=O)(O)OCC[N+](C)(C)C)c1. The van der Waals surface area contributed by atoms with E-state index in [1.54, 1.807) is 18.2 Å². The maximum atomic E-state index is 11.8. The van der Waals surface area contributed by atoms with Crippen LogP contribution in [0.1, 0.15) is 12.5 Å². The van der Waals surface area contributed by atoms with Gasteiger partial charge in [0.25, 0.3) is 0 Å². The molecule has 19 heavy (non-hydrogen) atoms. The van der Waals surface area contributed by atoms with E-state index in [-0.39, 0.29) is 6.61 Å². The Morgan fingerprint density at radius 2 is 2.00 bits per heavy atom. The maximum Gasteiger partial charge on any atom is 0.527 e. The van der Waals surface area contributed by atoms with Gasteiger partial charge in [0.1, 0.15) is 18.9 Å². The van der Waals surface area contributed by atoms with Crippen LogP contribution in [0.2, 0.25) is 0 Å². The van der Waals surface area contributed by atoms with Crippen molar-refractivity contribution in [2.75, 3.05) is 34.3 Å². The van der Waals surface area contributed by atoms with Crippen LogP contribution < -0.4 is 4.52 Å². The number of hydrogen-bond donors (Lipinski definition) is 1. The molecule has 1 aromatic carbocycles. The number of phosphoric ester groups is 1. The molecule has 0 heterocycles. The number of hydrogen-bond acceptors (Lipinski definition) is 3. The molecule has 1 aromatic rings. The van der Waals surface area contributed by atoms with E-state index in [1.165, 1.54) is 0 Å². The van der Waals surface area contributed by atoms with E-state index in [1.807, 2.05) is 34.1 Å². The summed E-state index contributed by atoms with van der Waals surface area (Å²) in [5.74, 6) is 0.357. The largest absolute Gasteiger partial charge is 0.527 e. The highest BCUT2D eigenvalue weighted by atomic mass is 31.2. The Labute approximate surface area is 115 Å². The first-order valence-corrected chi connectivity index (χ1v) is 7.78. The lowest BCUT2D eigenvalue weighted by Gasteiger charge is -2.24. The van der Waals surface area contributed by atoms with Crippen molar-refractivity contribution in [2.45, 2.75) is 13.3 Å². The molecule has 6 heteroatoms. The molecule has 0 aliphatic carbocycles. The van der Waals surface area contributed by atoms with Gasteiger partial charge in [0.15, 0.2) is 0 Å². The number of rotatable bonds is 7. The molecular formula is C13H23NO4P+. The van der Waals surface area contributed by atoms with Crippen LogP contribution in [0.5, 0.6) is 5.75 Å². The number of aryl methyl sites for hydroxylation is 1. The average Bonchev–Trinajstić information content (AvgIpc) is 2.26. The van der Waals surface area contributed by atoms with Crippen LogP contribution in [-0.2, 0) is 15.5 Å². The van der Waals surface area contributed by atoms with E-state index in [0.717, 1.165) is 12.0 Å². The van der Waals surface area contributed by atoms with Gasteiger partial charge in [-0.05, 0) is 24.1 Å². The standard InChI is InChI=1S/C13H22NO4P/c1-5-12-7-6-8-13(11-12)18-19(15,16)17-10-9-14(2,3)4/h6-8,11H,5,9-10H2,1-4H3/p+1. The van der Waals surface area contributed by atoms with Crippen molar-refractivity contribution in [3.8, 4) is 5.75 Å². The van der Waals surface area contributed by atoms with Crippen LogP contribution in [0, 0.1) is 0 Å². The fourth-order valence-corrected chi connectivity index (χ4v) is 2.16. The third-order valence-electron chi connectivity index (χ3n) is 2.54. The molecule has 1 atom stereocenters. The van der Waals surface area contributed by atoms with Gasteiger partial charge >= 0.3 is 7.82 Å². The Morgan fingerprint density at radius 3 is 2.58 bits per heavy atom. The second-order valence-corrected chi connectivity index (χ2v) is 6.79. The monoisotopic (exact) mass is 288 g/mol. The minimum absolute atomic E-state index is 0.171. The van der Waals surface area contributed by atoms with Crippen molar-refractivity contribution < 1.29 is 23.0 Å². The van der Waals surface area contributed by atoms with Crippen molar-refractivity contribution in [3.63, 3.8) is 0 Å². The van der Waals surface area contributed by atoms with Gasteiger partial charge in [-0.25, -0.2) is 4.57 Å². The fraction of sp³-hybridized carbons (Fsp3) is 0.538. The number of benzene rings is 1. The summed E-state index contributed by atoms with van der Waals surface area (Å²) in [5.41, 5.74) is 1.05. The molecule has 108 valence electrons. The summed E-state index contributed by atoms with van der Waals surface area (Å²) in [6, 6.07) is 7.12. The third kappa shape index (κ3) is 6.73. The van der Waals surface area contributed by atoms with E-state index < -0.39 is 7.82 Å². The van der Waals surface area contributed by atoms with Crippen LogP contribution in [0.3, 0.4) is 0 Å². The zero-order valence-corrected chi connectivity index (χ0v) is 12.9. The lowest BCUT2D eigenvalue weighted by Crippen LogP contribution is -2.37. The molecule has 1 unspecified atom stereocenters. The smallest absolute Gasteiger partial charge is 0.404 e. The summed E-state index contributed by atoms with van der Waals surface area (Å²) in [4.78, 5) is 9.63. The Hall–Kier alpha value is -0.870. The molecule has 0 amide bonds. The van der Waals surface area contributed by atoms with Crippen LogP contribution in [0.25, 0.3) is 0 Å². The molecule has 0 bridgehead atoms. The number of quaternary nitrogens is 1. The van der Waals surface area contributed by atoms with Crippen LogP contribution in [0.4, 0.5) is 0 Å². The molecule has 0 saturated carbocycles. The molecule has 1 N–H and O–H groups in total. The highest BCUT2D eigenvalue weighted by Gasteiger charge is 2.24. The molecule has 0 aromatic heterocycles. The van der Waals surface area contributed by atoms with E-state index in [0.29, 0.717) is 16.8 Å². The van der Waals surface area contributed by atoms with E-state index >= 15 is 0 Å². The second kappa shape index (κ2) is 6.53. The summed E-state index contributed by atoms with van der Waals surface area (Å²) in [6.07, 6.45) is 0.843. The Balaban J connectivity index is 2.56. The molecule has 0 radical (unpaired) electrons. The predicted molar refractivity (Wildman–Crippen MR) is 75.1 cm³/mol. The van der Waals surface area contributed by atoms with Gasteiger partial charge in [0.2, 0.25) is 0 Å². The van der Waals surface area contributed by atoms with Crippen LogP contribution in [-0.4, -0.2) is 43.7 Å². The number of likely N-dealkylation sites (N-methyl/N-ethyl adjacent to an activating group) is 1. The highest BCUT2D eigenvalue weighted by Crippen LogP contribution is 2.43. The van der Waals surface area contributed by atoms with Crippen molar-refractivity contribution in [1.29, 1.82) is 0 Å². The van der Waals surface area contributed by atoms with Gasteiger partial charge in [-0.2, -0.15) is 0 Å². The Morgan fingerprint density at radius 1 is 1.32 bits per heavy atom. The van der Waals surface area contributed by atoms with Crippen LogP contribution >= 0.6 is 7.82 Å². The van der Waals surface area contributed by atoms with Gasteiger partial charge in [-0.1, -0.05) is 19.1 Å². The summed E-state index contributed by atoms with van der Waals surface area (Å²) >= 11 is 0.